The number of nitrogens with two attached hydrogens (primary N) is 1. The number of ketones is 1. The maximum Gasteiger partial charge on any atom is 0.228 e. The summed E-state index contributed by atoms with van der Waals surface area (Å²) in [4.78, 5) is 23.8. The van der Waals surface area contributed by atoms with Crippen molar-refractivity contribution in [3.8, 4) is 0 Å². The number of benzene rings is 2. The van der Waals surface area contributed by atoms with E-state index >= 15 is 0 Å². The Morgan fingerprint density at radius 1 is 1.24 bits per heavy atom. The van der Waals surface area contributed by atoms with Gasteiger partial charge in [-0.3, -0.25) is 9.59 Å². The Hall–Kier alpha value is -2.40. The molecular formula is C15H10ClFN2O2. The highest BCUT2D eigenvalue weighted by atomic mass is 35.5. The number of fused-ring (bicyclic) bond motifs is 1. The van der Waals surface area contributed by atoms with Crippen molar-refractivity contribution in [2.75, 3.05) is 11.1 Å². The zero-order valence-corrected chi connectivity index (χ0v) is 11.5. The second kappa shape index (κ2) is 4.86. The molecule has 1 heterocycles. The summed E-state index contributed by atoms with van der Waals surface area (Å²) in [5.41, 5.74) is 7.12. The molecule has 2 aromatic rings. The lowest BCUT2D eigenvalue weighted by molar-refractivity contribution is -0.115. The number of carbonyl (C=O) groups is 2. The van der Waals surface area contributed by atoms with Gasteiger partial charge in [0.1, 0.15) is 5.82 Å². The van der Waals surface area contributed by atoms with Crippen molar-refractivity contribution in [3.05, 3.63) is 57.9 Å². The molecule has 0 radical (unpaired) electrons. The maximum absolute atomic E-state index is 13.8. The van der Waals surface area contributed by atoms with Gasteiger partial charge in [0, 0.05) is 16.9 Å². The van der Waals surface area contributed by atoms with E-state index in [1.807, 2.05) is 0 Å². The van der Waals surface area contributed by atoms with Crippen LogP contribution in [0, 0.1) is 5.82 Å². The van der Waals surface area contributed by atoms with Gasteiger partial charge in [-0.1, -0.05) is 11.6 Å². The Labute approximate surface area is 124 Å². The fraction of sp³-hybridized carbons (Fsp3) is 0.0667. The summed E-state index contributed by atoms with van der Waals surface area (Å²) >= 11 is 6.07. The third-order valence-corrected chi connectivity index (χ3v) is 3.61. The number of hydrogen-bond donors (Lipinski definition) is 2. The van der Waals surface area contributed by atoms with Crippen molar-refractivity contribution in [3.63, 3.8) is 0 Å². The normalized spacial score (nSPS) is 13.0. The molecule has 3 rings (SSSR count). The van der Waals surface area contributed by atoms with Crippen molar-refractivity contribution in [1.82, 2.24) is 0 Å². The Kier molecular flexibility index (Phi) is 3.14. The molecular weight excluding hydrogens is 295 g/mol. The van der Waals surface area contributed by atoms with Gasteiger partial charge in [-0.15, -0.1) is 0 Å². The van der Waals surface area contributed by atoms with Crippen molar-refractivity contribution < 1.29 is 14.0 Å². The minimum absolute atomic E-state index is 0.144. The second-order valence-electron chi connectivity index (χ2n) is 4.78. The van der Waals surface area contributed by atoms with Crippen LogP contribution in [0.25, 0.3) is 0 Å². The van der Waals surface area contributed by atoms with Crippen LogP contribution in [0.4, 0.5) is 15.8 Å². The molecule has 1 aliphatic rings. The van der Waals surface area contributed by atoms with Gasteiger partial charge in [-0.05, 0) is 35.9 Å². The van der Waals surface area contributed by atoms with Crippen LogP contribution in [0.15, 0.2) is 30.3 Å². The Balaban J connectivity index is 2.09. The Morgan fingerprint density at radius 2 is 2.00 bits per heavy atom. The highest BCUT2D eigenvalue weighted by Gasteiger charge is 2.23. The summed E-state index contributed by atoms with van der Waals surface area (Å²) in [5.74, 6) is -1.40. The molecule has 0 aromatic heterocycles. The molecule has 0 aliphatic carbocycles. The fourth-order valence-corrected chi connectivity index (χ4v) is 2.53. The van der Waals surface area contributed by atoms with Crippen molar-refractivity contribution >= 4 is 34.7 Å². The first-order valence-electron chi connectivity index (χ1n) is 6.17. The zero-order chi connectivity index (χ0) is 15.1. The van der Waals surface area contributed by atoms with Gasteiger partial charge < -0.3 is 11.1 Å². The topological polar surface area (TPSA) is 72.2 Å². The molecule has 2 aromatic carbocycles. The van der Waals surface area contributed by atoms with Crippen LogP contribution >= 0.6 is 11.6 Å². The number of nitrogen functional groups attached to an aromatic ring is 1. The van der Waals surface area contributed by atoms with Gasteiger partial charge in [0.05, 0.1) is 17.0 Å². The van der Waals surface area contributed by atoms with Crippen LogP contribution in [0.3, 0.4) is 0 Å². The number of halogens is 2. The van der Waals surface area contributed by atoms with Gasteiger partial charge >= 0.3 is 0 Å². The van der Waals surface area contributed by atoms with Crippen molar-refractivity contribution in [2.24, 2.45) is 0 Å². The highest BCUT2D eigenvalue weighted by molar-refractivity contribution is 6.35. The van der Waals surface area contributed by atoms with E-state index in [1.165, 1.54) is 24.3 Å². The predicted molar refractivity (Wildman–Crippen MR) is 78.0 cm³/mol. The van der Waals surface area contributed by atoms with Crippen LogP contribution in [0.2, 0.25) is 5.02 Å². The van der Waals surface area contributed by atoms with Crippen LogP contribution in [0.5, 0.6) is 0 Å². The third kappa shape index (κ3) is 2.36. The molecule has 4 nitrogen and oxygen atoms in total. The van der Waals surface area contributed by atoms with Gasteiger partial charge in [0.2, 0.25) is 5.91 Å². The monoisotopic (exact) mass is 304 g/mol. The van der Waals surface area contributed by atoms with E-state index in [2.05, 4.69) is 5.32 Å². The van der Waals surface area contributed by atoms with E-state index < -0.39 is 11.6 Å². The summed E-state index contributed by atoms with van der Waals surface area (Å²) in [6.45, 7) is 0. The van der Waals surface area contributed by atoms with Crippen LogP contribution in [0.1, 0.15) is 21.5 Å². The number of nitrogens with one attached hydrogen (secondary N) is 1. The molecule has 0 spiro atoms. The molecule has 1 aliphatic heterocycles. The SMILES string of the molecule is Nc1ccc(F)c(C(=O)c2cc3c(cc2Cl)NC(=O)C3)c1. The lowest BCUT2D eigenvalue weighted by Crippen LogP contribution is -2.06. The molecule has 3 N–H and O–H groups in total. The summed E-state index contributed by atoms with van der Waals surface area (Å²) in [6.07, 6.45) is 0.173. The number of carbonyl (C=O) groups excluding carboxylic acids is 2. The molecule has 0 saturated carbocycles. The minimum atomic E-state index is -0.667. The molecule has 21 heavy (non-hydrogen) atoms. The van der Waals surface area contributed by atoms with Crippen molar-refractivity contribution in [2.45, 2.75) is 6.42 Å². The summed E-state index contributed by atoms with van der Waals surface area (Å²) < 4.78 is 13.8. The predicted octanol–water partition coefficient (Wildman–Crippen LogP) is 2.79. The summed E-state index contributed by atoms with van der Waals surface area (Å²) in [7, 11) is 0. The number of anilines is 2. The van der Waals surface area contributed by atoms with Crippen LogP contribution in [-0.4, -0.2) is 11.7 Å². The van der Waals surface area contributed by atoms with E-state index in [9.17, 15) is 14.0 Å². The molecule has 6 heteroatoms. The average Bonchev–Trinajstić information content (AvgIpc) is 2.79. The molecule has 106 valence electrons. The summed E-state index contributed by atoms with van der Waals surface area (Å²) in [5, 5.41) is 2.79. The number of hydrogen-bond acceptors (Lipinski definition) is 3. The first-order valence-corrected chi connectivity index (χ1v) is 6.55. The number of rotatable bonds is 2. The zero-order valence-electron chi connectivity index (χ0n) is 10.7. The van der Waals surface area contributed by atoms with E-state index in [4.69, 9.17) is 17.3 Å². The fourth-order valence-electron chi connectivity index (χ4n) is 2.28. The quantitative estimate of drug-likeness (QED) is 0.662. The Bertz CT molecular complexity index is 789. The molecule has 0 bridgehead atoms. The molecule has 0 unspecified atom stereocenters. The molecule has 1 amide bonds. The van der Waals surface area contributed by atoms with Gasteiger partial charge in [0.15, 0.2) is 5.78 Å². The van der Waals surface area contributed by atoms with Gasteiger partial charge in [-0.2, -0.15) is 0 Å². The van der Waals surface area contributed by atoms with Crippen LogP contribution < -0.4 is 11.1 Å². The smallest absolute Gasteiger partial charge is 0.228 e. The van der Waals surface area contributed by atoms with Gasteiger partial charge in [0.25, 0.3) is 0 Å². The first kappa shape index (κ1) is 13.6. The molecule has 0 saturated heterocycles. The lowest BCUT2D eigenvalue weighted by atomic mass is 9.99. The van der Waals surface area contributed by atoms with E-state index in [0.29, 0.717) is 11.3 Å². The maximum atomic E-state index is 13.8. The lowest BCUT2D eigenvalue weighted by Gasteiger charge is -2.08. The number of amides is 1. The van der Waals surface area contributed by atoms with Crippen LogP contribution in [-0.2, 0) is 11.2 Å². The summed E-state index contributed by atoms with van der Waals surface area (Å²) in [6, 6.07) is 6.79. The largest absolute Gasteiger partial charge is 0.399 e. The van der Waals surface area contributed by atoms with E-state index in [0.717, 1.165) is 6.07 Å². The molecule has 0 fully saturated rings. The van der Waals surface area contributed by atoms with Gasteiger partial charge in [-0.25, -0.2) is 4.39 Å². The Morgan fingerprint density at radius 3 is 2.76 bits per heavy atom. The molecule has 0 atom stereocenters. The standard InChI is InChI=1S/C15H10ClFN2O2/c16-11-6-13-7(4-14(20)19-13)3-9(11)15(21)10-5-8(18)1-2-12(10)17/h1-3,5-6H,4,18H2,(H,19,20). The highest BCUT2D eigenvalue weighted by Crippen LogP contribution is 2.31. The van der Waals surface area contributed by atoms with E-state index in [1.54, 1.807) is 0 Å². The minimum Gasteiger partial charge on any atom is -0.399 e. The van der Waals surface area contributed by atoms with E-state index in [-0.39, 0.29) is 34.2 Å². The third-order valence-electron chi connectivity index (χ3n) is 3.30. The van der Waals surface area contributed by atoms with Crippen molar-refractivity contribution in [1.29, 1.82) is 0 Å². The first-order chi connectivity index (χ1) is 9.95. The average molecular weight is 305 g/mol. The second-order valence-corrected chi connectivity index (χ2v) is 5.19.